The molecule has 0 saturated heterocycles. The van der Waals surface area contributed by atoms with Crippen LogP contribution in [0.1, 0.15) is 16.6 Å². The first-order valence-electron chi connectivity index (χ1n) is 7.82. The molecule has 0 aliphatic rings. The first-order chi connectivity index (χ1) is 12.5. The molecule has 136 valence electrons. The fourth-order valence-electron chi connectivity index (χ4n) is 2.54. The third-order valence-electron chi connectivity index (χ3n) is 3.63. The number of sulfonamides is 1. The maximum atomic E-state index is 13.1. The monoisotopic (exact) mass is 391 g/mol. The van der Waals surface area contributed by atoms with Crippen molar-refractivity contribution >= 4 is 43.1 Å². The number of hydrogen-bond donors (Lipinski definition) is 1. The summed E-state index contributed by atoms with van der Waals surface area (Å²) in [4.78, 5) is 12.3. The molecule has 0 unspecified atom stereocenters. The van der Waals surface area contributed by atoms with E-state index in [4.69, 9.17) is 9.47 Å². The third-order valence-corrected chi connectivity index (χ3v) is 6.36. The van der Waals surface area contributed by atoms with Crippen LogP contribution in [-0.4, -0.2) is 28.1 Å². The van der Waals surface area contributed by atoms with Crippen molar-refractivity contribution in [2.45, 2.75) is 11.8 Å². The molecule has 0 amide bonds. The van der Waals surface area contributed by atoms with Crippen molar-refractivity contribution in [3.05, 3.63) is 53.4 Å². The van der Waals surface area contributed by atoms with Crippen LogP contribution < -0.4 is 9.46 Å². The number of rotatable bonds is 6. The molecule has 0 aliphatic carbocycles. The van der Waals surface area contributed by atoms with Gasteiger partial charge in [-0.1, -0.05) is 30.3 Å². The second-order valence-corrected chi connectivity index (χ2v) is 7.95. The van der Waals surface area contributed by atoms with Gasteiger partial charge in [-0.3, -0.25) is 4.72 Å². The fraction of sp³-hybridized carbons (Fsp3) is 0.167. The molecule has 1 N–H and O–H groups in total. The van der Waals surface area contributed by atoms with Crippen LogP contribution in [0.15, 0.2) is 53.4 Å². The number of para-hydroxylation sites is 2. The second-order valence-electron chi connectivity index (χ2n) is 5.28. The third kappa shape index (κ3) is 3.38. The van der Waals surface area contributed by atoms with Gasteiger partial charge >= 0.3 is 5.97 Å². The van der Waals surface area contributed by atoms with Gasteiger partial charge in [-0.25, -0.2) is 13.2 Å². The second kappa shape index (κ2) is 7.35. The van der Waals surface area contributed by atoms with Gasteiger partial charge in [-0.15, -0.1) is 11.3 Å². The summed E-state index contributed by atoms with van der Waals surface area (Å²) < 4.78 is 39.7. The molecule has 0 aliphatic heterocycles. The highest BCUT2D eigenvalue weighted by Gasteiger charge is 2.29. The Morgan fingerprint density at radius 3 is 2.54 bits per heavy atom. The SMILES string of the molecule is CCOC(=O)c1sc2ccccc2c1S(=O)(=O)Nc1ccccc1OC. The molecular formula is C18H17NO5S2. The number of thiophene rings is 1. The highest BCUT2D eigenvalue weighted by atomic mass is 32.2. The van der Waals surface area contributed by atoms with E-state index in [1.54, 1.807) is 55.5 Å². The highest BCUT2D eigenvalue weighted by molar-refractivity contribution is 7.93. The van der Waals surface area contributed by atoms with Crippen LogP contribution in [0.4, 0.5) is 5.69 Å². The number of carbonyl (C=O) groups excluding carboxylic acids is 1. The van der Waals surface area contributed by atoms with Crippen LogP contribution in [0.25, 0.3) is 10.1 Å². The van der Waals surface area contributed by atoms with Crippen molar-refractivity contribution in [1.82, 2.24) is 0 Å². The van der Waals surface area contributed by atoms with Crippen molar-refractivity contribution in [3.8, 4) is 5.75 Å². The molecule has 0 bridgehead atoms. The number of hydrogen-bond acceptors (Lipinski definition) is 6. The Bertz CT molecular complexity index is 1060. The van der Waals surface area contributed by atoms with Gasteiger partial charge in [0.05, 0.1) is 19.4 Å². The Morgan fingerprint density at radius 2 is 1.81 bits per heavy atom. The van der Waals surface area contributed by atoms with Crippen molar-refractivity contribution in [2.75, 3.05) is 18.4 Å². The summed E-state index contributed by atoms with van der Waals surface area (Å²) in [6.07, 6.45) is 0. The van der Waals surface area contributed by atoms with E-state index in [-0.39, 0.29) is 16.4 Å². The normalized spacial score (nSPS) is 11.3. The Morgan fingerprint density at radius 1 is 1.12 bits per heavy atom. The largest absolute Gasteiger partial charge is 0.495 e. The molecule has 0 saturated carbocycles. The Kier molecular flexibility index (Phi) is 5.15. The molecular weight excluding hydrogens is 374 g/mol. The topological polar surface area (TPSA) is 81.7 Å². The molecule has 1 aromatic heterocycles. The van der Waals surface area contributed by atoms with Crippen LogP contribution in [-0.2, 0) is 14.8 Å². The zero-order chi connectivity index (χ0) is 18.7. The number of anilines is 1. The lowest BCUT2D eigenvalue weighted by Crippen LogP contribution is -2.17. The van der Waals surface area contributed by atoms with Gasteiger partial charge in [0.1, 0.15) is 15.5 Å². The van der Waals surface area contributed by atoms with Crippen molar-refractivity contribution in [1.29, 1.82) is 0 Å². The summed E-state index contributed by atoms with van der Waals surface area (Å²) in [5.74, 6) is -0.276. The maximum absolute atomic E-state index is 13.1. The van der Waals surface area contributed by atoms with Gasteiger partial charge in [0, 0.05) is 10.1 Å². The van der Waals surface area contributed by atoms with E-state index >= 15 is 0 Å². The molecule has 1 heterocycles. The van der Waals surface area contributed by atoms with Crippen LogP contribution in [0, 0.1) is 0 Å². The van der Waals surface area contributed by atoms with E-state index in [0.717, 1.165) is 11.3 Å². The van der Waals surface area contributed by atoms with Crippen molar-refractivity contribution in [3.63, 3.8) is 0 Å². The van der Waals surface area contributed by atoms with Crippen molar-refractivity contribution < 1.29 is 22.7 Å². The summed E-state index contributed by atoms with van der Waals surface area (Å²) in [6, 6.07) is 13.6. The molecule has 0 fully saturated rings. The van der Waals surface area contributed by atoms with Crippen LogP contribution >= 0.6 is 11.3 Å². The first kappa shape index (κ1) is 18.2. The molecule has 0 radical (unpaired) electrons. The van der Waals surface area contributed by atoms with Gasteiger partial charge in [0.25, 0.3) is 10.0 Å². The van der Waals surface area contributed by atoms with Gasteiger partial charge < -0.3 is 9.47 Å². The summed E-state index contributed by atoms with van der Waals surface area (Å²) in [5, 5.41) is 0.475. The summed E-state index contributed by atoms with van der Waals surface area (Å²) in [7, 11) is -2.59. The lowest BCUT2D eigenvalue weighted by atomic mass is 10.2. The summed E-state index contributed by atoms with van der Waals surface area (Å²) >= 11 is 1.09. The minimum Gasteiger partial charge on any atom is -0.495 e. The minimum absolute atomic E-state index is 0.0513. The Labute approximate surface area is 155 Å². The lowest BCUT2D eigenvalue weighted by Gasteiger charge is -2.12. The molecule has 6 nitrogen and oxygen atoms in total. The van der Waals surface area contributed by atoms with E-state index in [1.807, 2.05) is 0 Å². The van der Waals surface area contributed by atoms with Crippen LogP contribution in [0.5, 0.6) is 5.75 Å². The number of carbonyl (C=O) groups is 1. The minimum atomic E-state index is -4.04. The van der Waals surface area contributed by atoms with Gasteiger partial charge in [0.15, 0.2) is 0 Å². The van der Waals surface area contributed by atoms with Crippen molar-refractivity contribution in [2.24, 2.45) is 0 Å². The molecule has 2 aromatic carbocycles. The number of nitrogens with one attached hydrogen (secondary N) is 1. The number of benzene rings is 2. The summed E-state index contributed by atoms with van der Waals surface area (Å²) in [6.45, 7) is 1.83. The standard InChI is InChI=1S/C18H17NO5S2/c1-3-24-18(20)16-17(12-8-4-7-11-15(12)25-16)26(21,22)19-13-9-5-6-10-14(13)23-2/h4-11,19H,3H2,1-2H3. The molecule has 0 spiro atoms. The van der Waals surface area contributed by atoms with E-state index in [0.29, 0.717) is 21.5 Å². The average molecular weight is 391 g/mol. The van der Waals surface area contributed by atoms with Crippen LogP contribution in [0.3, 0.4) is 0 Å². The highest BCUT2D eigenvalue weighted by Crippen LogP contribution is 2.37. The number of ether oxygens (including phenoxy) is 2. The number of esters is 1. The van der Waals surface area contributed by atoms with Gasteiger partial charge in [-0.2, -0.15) is 0 Å². The zero-order valence-corrected chi connectivity index (χ0v) is 15.8. The Hall–Kier alpha value is -2.58. The van der Waals surface area contributed by atoms with Gasteiger partial charge in [-0.05, 0) is 25.1 Å². The number of fused-ring (bicyclic) bond motifs is 1. The first-order valence-corrected chi connectivity index (χ1v) is 10.1. The molecule has 8 heteroatoms. The van der Waals surface area contributed by atoms with Crippen LogP contribution in [0.2, 0.25) is 0 Å². The predicted molar refractivity (Wildman–Crippen MR) is 102 cm³/mol. The summed E-state index contributed by atoms with van der Waals surface area (Å²) in [5.41, 5.74) is 0.292. The van der Waals surface area contributed by atoms with E-state index in [2.05, 4.69) is 4.72 Å². The Balaban J connectivity index is 2.16. The van der Waals surface area contributed by atoms with E-state index in [9.17, 15) is 13.2 Å². The van der Waals surface area contributed by atoms with E-state index in [1.165, 1.54) is 7.11 Å². The molecule has 26 heavy (non-hydrogen) atoms. The van der Waals surface area contributed by atoms with Gasteiger partial charge in [0.2, 0.25) is 0 Å². The predicted octanol–water partition coefficient (Wildman–Crippen LogP) is 3.89. The molecule has 3 aromatic rings. The molecule has 3 rings (SSSR count). The average Bonchev–Trinajstić information content (AvgIpc) is 3.02. The van der Waals surface area contributed by atoms with E-state index < -0.39 is 16.0 Å². The lowest BCUT2D eigenvalue weighted by molar-refractivity contribution is 0.0528. The fourth-order valence-corrected chi connectivity index (χ4v) is 5.41. The zero-order valence-electron chi connectivity index (χ0n) is 14.2. The molecule has 0 atom stereocenters. The smallest absolute Gasteiger partial charge is 0.349 e. The number of methoxy groups -OCH3 is 1. The quantitative estimate of drug-likeness (QED) is 0.645. The maximum Gasteiger partial charge on any atom is 0.349 e.